The summed E-state index contributed by atoms with van der Waals surface area (Å²) < 4.78 is 38.9. The molecule has 0 heterocycles. The molecule has 0 bridgehead atoms. The van der Waals surface area contributed by atoms with E-state index in [1.807, 2.05) is 19.9 Å². The van der Waals surface area contributed by atoms with E-state index in [-0.39, 0.29) is 12.8 Å². The van der Waals surface area contributed by atoms with Gasteiger partial charge in [-0.2, -0.15) is 13.2 Å². The van der Waals surface area contributed by atoms with Crippen molar-refractivity contribution in [2.45, 2.75) is 48.9 Å². The molecule has 0 saturated heterocycles. The normalized spacial score (nSPS) is 24.7. The Hall–Kier alpha value is -0.900. The van der Waals surface area contributed by atoms with Crippen LogP contribution < -0.4 is 0 Å². The standard InChI is InChI=1S/C15H17F3S/c1-11-8-9-14(10-12(11)2,15(16,17)18)19-13-6-4-3-5-7-13/h3-7H,8-10H2,1-2H3/t14-/m0/s1. The first-order chi connectivity index (χ1) is 8.84. The maximum Gasteiger partial charge on any atom is 0.403 e. The van der Waals surface area contributed by atoms with Gasteiger partial charge in [0.15, 0.2) is 0 Å². The van der Waals surface area contributed by atoms with Gasteiger partial charge < -0.3 is 0 Å². The highest BCUT2D eigenvalue weighted by Crippen LogP contribution is 2.54. The highest BCUT2D eigenvalue weighted by Gasteiger charge is 2.56. The highest BCUT2D eigenvalue weighted by atomic mass is 32.2. The summed E-state index contributed by atoms with van der Waals surface area (Å²) in [7, 11) is 0. The van der Waals surface area contributed by atoms with Gasteiger partial charge in [-0.05, 0) is 45.2 Å². The summed E-state index contributed by atoms with van der Waals surface area (Å²) >= 11 is 0.966. The first-order valence-corrected chi connectivity index (χ1v) is 7.12. The minimum Gasteiger partial charge on any atom is -0.169 e. The van der Waals surface area contributed by atoms with Crippen LogP contribution in [0.5, 0.6) is 0 Å². The molecular formula is C15H17F3S. The Morgan fingerprint density at radius 3 is 2.21 bits per heavy atom. The summed E-state index contributed by atoms with van der Waals surface area (Å²) in [6.45, 7) is 3.75. The molecule has 0 radical (unpaired) electrons. The van der Waals surface area contributed by atoms with Crippen molar-refractivity contribution in [2.24, 2.45) is 0 Å². The molecule has 4 heteroatoms. The molecule has 0 spiro atoms. The molecule has 1 aromatic rings. The second-order valence-electron chi connectivity index (χ2n) is 5.14. The van der Waals surface area contributed by atoms with Gasteiger partial charge in [0.25, 0.3) is 0 Å². The van der Waals surface area contributed by atoms with Gasteiger partial charge in [-0.3, -0.25) is 0 Å². The van der Waals surface area contributed by atoms with Crippen LogP contribution in [0.25, 0.3) is 0 Å². The van der Waals surface area contributed by atoms with Crippen LogP contribution in [-0.2, 0) is 0 Å². The molecule has 1 aliphatic carbocycles. The monoisotopic (exact) mass is 286 g/mol. The predicted octanol–water partition coefficient (Wildman–Crippen LogP) is 5.60. The molecule has 0 aliphatic heterocycles. The molecule has 0 N–H and O–H groups in total. The Morgan fingerprint density at radius 2 is 1.68 bits per heavy atom. The lowest BCUT2D eigenvalue weighted by Crippen LogP contribution is -2.43. The number of halogens is 3. The molecule has 0 fully saturated rings. The van der Waals surface area contributed by atoms with E-state index in [2.05, 4.69) is 0 Å². The van der Waals surface area contributed by atoms with E-state index in [9.17, 15) is 13.2 Å². The smallest absolute Gasteiger partial charge is 0.169 e. The van der Waals surface area contributed by atoms with E-state index in [4.69, 9.17) is 0 Å². The maximum absolute atomic E-state index is 13.5. The lowest BCUT2D eigenvalue weighted by Gasteiger charge is -2.39. The van der Waals surface area contributed by atoms with Gasteiger partial charge in [0, 0.05) is 4.90 Å². The third kappa shape index (κ3) is 2.99. The van der Waals surface area contributed by atoms with Gasteiger partial charge >= 0.3 is 6.18 Å². The number of hydrogen-bond acceptors (Lipinski definition) is 1. The van der Waals surface area contributed by atoms with E-state index in [0.717, 1.165) is 22.9 Å². The van der Waals surface area contributed by atoms with Crippen LogP contribution >= 0.6 is 11.8 Å². The number of allylic oxidation sites excluding steroid dienone is 2. The molecule has 1 aliphatic rings. The summed E-state index contributed by atoms with van der Waals surface area (Å²) in [5, 5.41) is 0. The zero-order chi connectivity index (χ0) is 14.1. The van der Waals surface area contributed by atoms with Crippen LogP contribution in [0.15, 0.2) is 46.4 Å². The fraction of sp³-hybridized carbons (Fsp3) is 0.467. The van der Waals surface area contributed by atoms with Gasteiger partial charge in [-0.1, -0.05) is 29.3 Å². The van der Waals surface area contributed by atoms with Crippen LogP contribution in [0.2, 0.25) is 0 Å². The molecule has 1 atom stereocenters. The van der Waals surface area contributed by atoms with E-state index in [1.54, 1.807) is 24.3 Å². The second-order valence-corrected chi connectivity index (χ2v) is 6.60. The quantitative estimate of drug-likeness (QED) is 0.638. The summed E-state index contributed by atoms with van der Waals surface area (Å²) in [6, 6.07) is 8.88. The van der Waals surface area contributed by atoms with E-state index in [0.29, 0.717) is 11.3 Å². The van der Waals surface area contributed by atoms with Crippen molar-refractivity contribution < 1.29 is 13.2 Å². The van der Waals surface area contributed by atoms with Gasteiger partial charge in [0.05, 0.1) is 0 Å². The van der Waals surface area contributed by atoms with E-state index in [1.165, 1.54) is 0 Å². The number of rotatable bonds is 2. The van der Waals surface area contributed by atoms with Crippen LogP contribution in [-0.4, -0.2) is 10.9 Å². The molecule has 19 heavy (non-hydrogen) atoms. The molecule has 1 aromatic carbocycles. The summed E-state index contributed by atoms with van der Waals surface area (Å²) in [4.78, 5) is 0.687. The van der Waals surface area contributed by atoms with Crippen molar-refractivity contribution in [2.75, 3.05) is 0 Å². The predicted molar refractivity (Wildman–Crippen MR) is 73.3 cm³/mol. The molecule has 2 rings (SSSR count). The van der Waals surface area contributed by atoms with Crippen molar-refractivity contribution in [3.63, 3.8) is 0 Å². The first-order valence-electron chi connectivity index (χ1n) is 6.30. The Morgan fingerprint density at radius 1 is 1.05 bits per heavy atom. The van der Waals surface area contributed by atoms with Crippen LogP contribution in [0.3, 0.4) is 0 Å². The van der Waals surface area contributed by atoms with E-state index < -0.39 is 10.9 Å². The molecule has 104 valence electrons. The zero-order valence-corrected chi connectivity index (χ0v) is 11.9. The van der Waals surface area contributed by atoms with Gasteiger partial charge in [0.2, 0.25) is 0 Å². The summed E-state index contributed by atoms with van der Waals surface area (Å²) in [5.41, 5.74) is 1.99. The largest absolute Gasteiger partial charge is 0.403 e. The Kier molecular flexibility index (Phi) is 4.00. The number of alkyl halides is 3. The highest BCUT2D eigenvalue weighted by molar-refractivity contribution is 8.00. The minimum atomic E-state index is -4.19. The van der Waals surface area contributed by atoms with Gasteiger partial charge in [0.1, 0.15) is 4.75 Å². The van der Waals surface area contributed by atoms with Crippen LogP contribution in [0, 0.1) is 0 Å². The fourth-order valence-corrected chi connectivity index (χ4v) is 3.72. The summed E-state index contributed by atoms with van der Waals surface area (Å²) in [6.07, 6.45) is -3.39. The molecule has 0 nitrogen and oxygen atoms in total. The van der Waals surface area contributed by atoms with Crippen LogP contribution in [0.1, 0.15) is 33.1 Å². The Balaban J connectivity index is 2.33. The summed E-state index contributed by atoms with van der Waals surface area (Å²) in [5.74, 6) is 0. The Bertz CT molecular complexity index is 476. The average molecular weight is 286 g/mol. The molecule has 0 saturated carbocycles. The number of hydrogen-bond donors (Lipinski definition) is 0. The lowest BCUT2D eigenvalue weighted by atomic mass is 9.84. The van der Waals surface area contributed by atoms with Gasteiger partial charge in [-0.25, -0.2) is 0 Å². The minimum absolute atomic E-state index is 0.0991. The van der Waals surface area contributed by atoms with Crippen molar-refractivity contribution in [1.29, 1.82) is 0 Å². The van der Waals surface area contributed by atoms with Crippen molar-refractivity contribution >= 4 is 11.8 Å². The lowest BCUT2D eigenvalue weighted by molar-refractivity contribution is -0.161. The molecule has 0 unspecified atom stereocenters. The average Bonchev–Trinajstić information content (AvgIpc) is 2.34. The molecular weight excluding hydrogens is 269 g/mol. The number of benzene rings is 1. The zero-order valence-electron chi connectivity index (χ0n) is 11.1. The maximum atomic E-state index is 13.5. The van der Waals surface area contributed by atoms with E-state index >= 15 is 0 Å². The Labute approximate surface area is 116 Å². The van der Waals surface area contributed by atoms with Crippen molar-refractivity contribution in [3.05, 3.63) is 41.5 Å². The fourth-order valence-electron chi connectivity index (χ4n) is 2.37. The third-order valence-electron chi connectivity index (χ3n) is 3.76. The van der Waals surface area contributed by atoms with Gasteiger partial charge in [-0.15, -0.1) is 11.8 Å². The second kappa shape index (κ2) is 5.23. The first kappa shape index (κ1) is 14.5. The topological polar surface area (TPSA) is 0 Å². The van der Waals surface area contributed by atoms with Crippen molar-refractivity contribution in [3.8, 4) is 0 Å². The SMILES string of the molecule is CC1=C(C)C[C@](Sc2ccccc2)(C(F)(F)F)CC1. The number of thioether (sulfide) groups is 1. The molecule has 0 amide bonds. The third-order valence-corrected chi connectivity index (χ3v) is 5.23. The van der Waals surface area contributed by atoms with Crippen LogP contribution in [0.4, 0.5) is 13.2 Å². The van der Waals surface area contributed by atoms with Crippen molar-refractivity contribution in [1.82, 2.24) is 0 Å². The molecule has 0 aromatic heterocycles.